The van der Waals surface area contributed by atoms with Crippen LogP contribution in [0.25, 0.3) is 0 Å². The summed E-state index contributed by atoms with van der Waals surface area (Å²) < 4.78 is 0. The molecule has 2 heterocycles. The van der Waals surface area contributed by atoms with Gasteiger partial charge in [-0.2, -0.15) is 0 Å². The zero-order valence-corrected chi connectivity index (χ0v) is 16.1. The fourth-order valence-corrected chi connectivity index (χ4v) is 4.15. The molecule has 0 radical (unpaired) electrons. The van der Waals surface area contributed by atoms with Crippen LogP contribution < -0.4 is 5.32 Å². The fourth-order valence-electron chi connectivity index (χ4n) is 3.25. The van der Waals surface area contributed by atoms with Gasteiger partial charge in [-0.15, -0.1) is 11.3 Å². The van der Waals surface area contributed by atoms with E-state index in [9.17, 15) is 9.59 Å². The van der Waals surface area contributed by atoms with Gasteiger partial charge < -0.3 is 10.2 Å². The zero-order valence-electron chi connectivity index (χ0n) is 15.3. The average Bonchev–Trinajstić information content (AvgIpc) is 3.28. The molecule has 3 rings (SSSR count). The quantitative estimate of drug-likeness (QED) is 0.848. The average molecular weight is 372 g/mol. The van der Waals surface area contributed by atoms with Crippen molar-refractivity contribution in [1.82, 2.24) is 9.80 Å². The van der Waals surface area contributed by atoms with E-state index in [1.807, 2.05) is 31.2 Å². The van der Waals surface area contributed by atoms with Gasteiger partial charge in [-0.25, -0.2) is 0 Å². The number of nitrogens with zero attached hydrogens (tertiary/aromatic N) is 2. The van der Waals surface area contributed by atoms with E-state index in [0.717, 1.165) is 30.6 Å². The summed E-state index contributed by atoms with van der Waals surface area (Å²) in [5, 5.41) is 4.91. The van der Waals surface area contributed by atoms with Crippen LogP contribution in [0.2, 0.25) is 0 Å². The first kappa shape index (κ1) is 18.6. The minimum atomic E-state index is -0.180. The Bertz CT molecular complexity index is 743. The van der Waals surface area contributed by atoms with E-state index >= 15 is 0 Å². The summed E-state index contributed by atoms with van der Waals surface area (Å²) in [6, 6.07) is 12.1. The minimum absolute atomic E-state index is 0.0208. The lowest BCUT2D eigenvalue weighted by Gasteiger charge is -2.25. The molecule has 1 aromatic heterocycles. The first-order chi connectivity index (χ1) is 12.5. The number of likely N-dealkylation sites (N-methyl/N-ethyl adjacent to an activating group) is 1. The van der Waals surface area contributed by atoms with Crippen LogP contribution in [0, 0.1) is 6.92 Å². The molecule has 2 aromatic rings. The van der Waals surface area contributed by atoms with Gasteiger partial charge in [0.15, 0.2) is 0 Å². The molecule has 1 aliphatic rings. The molecule has 0 unspecified atom stereocenters. The number of benzene rings is 1. The summed E-state index contributed by atoms with van der Waals surface area (Å²) in [7, 11) is 1.69. The minimum Gasteiger partial charge on any atom is -0.335 e. The number of hydrogen-bond donors (Lipinski definition) is 1. The molecule has 5 nitrogen and oxygen atoms in total. The first-order valence-electron chi connectivity index (χ1n) is 8.91. The molecule has 1 saturated heterocycles. The van der Waals surface area contributed by atoms with Gasteiger partial charge in [-0.1, -0.05) is 23.8 Å². The van der Waals surface area contributed by atoms with Gasteiger partial charge in [-0.05, 0) is 49.9 Å². The topological polar surface area (TPSA) is 52.7 Å². The number of anilines is 1. The molecule has 26 heavy (non-hydrogen) atoms. The third kappa shape index (κ3) is 4.71. The molecule has 1 N–H and O–H groups in total. The zero-order chi connectivity index (χ0) is 18.5. The number of hydrogen-bond acceptors (Lipinski definition) is 4. The van der Waals surface area contributed by atoms with Crippen molar-refractivity contribution in [2.75, 3.05) is 32.0 Å². The molecule has 1 fully saturated rings. The van der Waals surface area contributed by atoms with Crippen molar-refractivity contribution in [2.45, 2.75) is 25.8 Å². The van der Waals surface area contributed by atoms with Crippen molar-refractivity contribution >= 4 is 28.8 Å². The van der Waals surface area contributed by atoms with E-state index in [1.54, 1.807) is 18.4 Å². The van der Waals surface area contributed by atoms with Crippen LogP contribution in [-0.2, 0) is 9.59 Å². The number of amides is 2. The molecule has 1 atom stereocenters. The number of carbonyl (C=O) groups is 2. The van der Waals surface area contributed by atoms with Crippen molar-refractivity contribution in [3.8, 4) is 0 Å². The molecule has 6 heteroatoms. The second-order valence-electron chi connectivity index (χ2n) is 6.81. The maximum atomic E-state index is 12.6. The standard InChI is InChI=1S/C20H25N3O2S/c1-15-7-9-16(10-8-15)21-19(24)13-22(2)20(25)14-23-11-3-5-17(23)18-6-4-12-26-18/h4,6-10,12,17H,3,5,11,13-14H2,1-2H3,(H,21,24)/t17-/m0/s1. The van der Waals surface area contributed by atoms with E-state index in [4.69, 9.17) is 0 Å². The van der Waals surface area contributed by atoms with E-state index in [2.05, 4.69) is 27.7 Å². The van der Waals surface area contributed by atoms with Crippen molar-refractivity contribution < 1.29 is 9.59 Å². The summed E-state index contributed by atoms with van der Waals surface area (Å²) in [5.41, 5.74) is 1.89. The Balaban J connectivity index is 1.51. The second kappa shape index (κ2) is 8.47. The van der Waals surface area contributed by atoms with Crippen LogP contribution in [0.1, 0.15) is 29.3 Å². The summed E-state index contributed by atoms with van der Waals surface area (Å²) in [4.78, 5) is 29.8. The lowest BCUT2D eigenvalue weighted by Crippen LogP contribution is -2.41. The lowest BCUT2D eigenvalue weighted by molar-refractivity contribution is -0.134. The lowest BCUT2D eigenvalue weighted by atomic mass is 10.2. The van der Waals surface area contributed by atoms with Gasteiger partial charge in [0.05, 0.1) is 13.1 Å². The van der Waals surface area contributed by atoms with Crippen molar-refractivity contribution in [2.24, 2.45) is 0 Å². The molecule has 138 valence electrons. The molecule has 0 bridgehead atoms. The van der Waals surface area contributed by atoms with Crippen LogP contribution in [0.15, 0.2) is 41.8 Å². The number of rotatable bonds is 6. The summed E-state index contributed by atoms with van der Waals surface area (Å²) in [6.07, 6.45) is 2.19. The monoisotopic (exact) mass is 371 g/mol. The third-order valence-corrected chi connectivity index (χ3v) is 5.69. The van der Waals surface area contributed by atoms with E-state index in [1.165, 1.54) is 9.78 Å². The smallest absolute Gasteiger partial charge is 0.243 e. The molecule has 0 aliphatic carbocycles. The Hall–Kier alpha value is -2.18. The molecule has 0 spiro atoms. The molecule has 1 aliphatic heterocycles. The molecule has 1 aromatic carbocycles. The Morgan fingerprint density at radius 2 is 2.04 bits per heavy atom. The van der Waals surface area contributed by atoms with Crippen molar-refractivity contribution in [3.05, 3.63) is 52.2 Å². The van der Waals surface area contributed by atoms with Crippen LogP contribution in [-0.4, -0.2) is 48.3 Å². The predicted molar refractivity (Wildman–Crippen MR) is 105 cm³/mol. The van der Waals surface area contributed by atoms with Crippen molar-refractivity contribution in [1.29, 1.82) is 0 Å². The SMILES string of the molecule is Cc1ccc(NC(=O)CN(C)C(=O)CN2CCC[C@H]2c2cccs2)cc1. The van der Waals surface area contributed by atoms with E-state index in [-0.39, 0.29) is 18.4 Å². The van der Waals surface area contributed by atoms with Crippen LogP contribution >= 0.6 is 11.3 Å². The summed E-state index contributed by atoms with van der Waals surface area (Å²) in [6.45, 7) is 3.35. The predicted octanol–water partition coefficient (Wildman–Crippen LogP) is 3.29. The Kier molecular flexibility index (Phi) is 6.06. The fraction of sp³-hybridized carbons (Fsp3) is 0.400. The van der Waals surface area contributed by atoms with Gasteiger partial charge in [-0.3, -0.25) is 14.5 Å². The maximum Gasteiger partial charge on any atom is 0.243 e. The highest BCUT2D eigenvalue weighted by molar-refractivity contribution is 7.10. The third-order valence-electron chi connectivity index (χ3n) is 4.72. The van der Waals surface area contributed by atoms with Crippen LogP contribution in [0.4, 0.5) is 5.69 Å². The van der Waals surface area contributed by atoms with Gasteiger partial charge in [0.2, 0.25) is 11.8 Å². The van der Waals surface area contributed by atoms with Gasteiger partial charge in [0, 0.05) is 23.7 Å². The van der Waals surface area contributed by atoms with E-state index < -0.39 is 0 Å². The normalized spacial score (nSPS) is 17.2. The molecular formula is C20H25N3O2S. The Morgan fingerprint density at radius 3 is 2.73 bits per heavy atom. The maximum absolute atomic E-state index is 12.6. The van der Waals surface area contributed by atoms with Crippen molar-refractivity contribution in [3.63, 3.8) is 0 Å². The second-order valence-corrected chi connectivity index (χ2v) is 7.79. The Morgan fingerprint density at radius 1 is 1.27 bits per heavy atom. The highest BCUT2D eigenvalue weighted by Crippen LogP contribution is 2.34. The highest BCUT2D eigenvalue weighted by atomic mass is 32.1. The highest BCUT2D eigenvalue weighted by Gasteiger charge is 2.29. The largest absolute Gasteiger partial charge is 0.335 e. The number of likely N-dealkylation sites (tertiary alicyclic amines) is 1. The molecular weight excluding hydrogens is 346 g/mol. The van der Waals surface area contributed by atoms with Crippen LogP contribution in [0.5, 0.6) is 0 Å². The number of thiophene rings is 1. The number of carbonyl (C=O) groups excluding carboxylic acids is 2. The van der Waals surface area contributed by atoms with Gasteiger partial charge in [0.1, 0.15) is 0 Å². The Labute approximate surface area is 158 Å². The van der Waals surface area contributed by atoms with Gasteiger partial charge in [0.25, 0.3) is 0 Å². The summed E-state index contributed by atoms with van der Waals surface area (Å²) in [5.74, 6) is -0.201. The number of aryl methyl sites for hydroxylation is 1. The first-order valence-corrected chi connectivity index (χ1v) is 9.79. The summed E-state index contributed by atoms with van der Waals surface area (Å²) >= 11 is 1.74. The van der Waals surface area contributed by atoms with Gasteiger partial charge >= 0.3 is 0 Å². The van der Waals surface area contributed by atoms with Crippen LogP contribution in [0.3, 0.4) is 0 Å². The molecule has 2 amide bonds. The van der Waals surface area contributed by atoms with E-state index in [0.29, 0.717) is 12.6 Å². The molecule has 0 saturated carbocycles. The number of nitrogens with one attached hydrogen (secondary N) is 1.